The first-order valence-electron chi connectivity index (χ1n) is 5.41. The SMILES string of the molecule is COC(=O)c1cc(NCCCS(N)(=O)=O)ncc1N. The number of hydrogen-bond acceptors (Lipinski definition) is 7. The summed E-state index contributed by atoms with van der Waals surface area (Å²) in [5.41, 5.74) is 6.00. The Morgan fingerprint density at radius 1 is 1.53 bits per heavy atom. The maximum Gasteiger partial charge on any atom is 0.340 e. The van der Waals surface area contributed by atoms with E-state index < -0.39 is 16.0 Å². The van der Waals surface area contributed by atoms with Gasteiger partial charge in [-0.3, -0.25) is 0 Å². The number of anilines is 2. The van der Waals surface area contributed by atoms with Crippen LogP contribution in [0.4, 0.5) is 11.5 Å². The number of methoxy groups -OCH3 is 1. The number of nitrogen functional groups attached to an aromatic ring is 1. The van der Waals surface area contributed by atoms with Gasteiger partial charge in [-0.15, -0.1) is 0 Å². The molecule has 0 radical (unpaired) electrons. The van der Waals surface area contributed by atoms with E-state index in [1.165, 1.54) is 19.4 Å². The Balaban J connectivity index is 2.62. The van der Waals surface area contributed by atoms with Crippen molar-refractivity contribution in [3.05, 3.63) is 17.8 Å². The Hall–Kier alpha value is -1.87. The number of primary sulfonamides is 1. The maximum absolute atomic E-state index is 11.4. The molecule has 1 aromatic rings. The van der Waals surface area contributed by atoms with Crippen molar-refractivity contribution in [2.24, 2.45) is 5.14 Å². The van der Waals surface area contributed by atoms with Crippen LogP contribution in [-0.4, -0.2) is 38.8 Å². The van der Waals surface area contributed by atoms with Crippen LogP contribution < -0.4 is 16.2 Å². The van der Waals surface area contributed by atoms with Gasteiger partial charge in [0, 0.05) is 6.54 Å². The zero-order valence-corrected chi connectivity index (χ0v) is 11.2. The third-order valence-corrected chi connectivity index (χ3v) is 3.11. The van der Waals surface area contributed by atoms with Crippen LogP contribution in [0.3, 0.4) is 0 Å². The molecule has 0 spiro atoms. The normalized spacial score (nSPS) is 11.1. The summed E-state index contributed by atoms with van der Waals surface area (Å²) in [5.74, 6) is -0.282. The highest BCUT2D eigenvalue weighted by Crippen LogP contribution is 2.15. The van der Waals surface area contributed by atoms with Gasteiger partial charge < -0.3 is 15.8 Å². The molecule has 0 aliphatic rings. The minimum absolute atomic E-state index is 0.126. The number of carbonyl (C=O) groups is 1. The number of esters is 1. The van der Waals surface area contributed by atoms with Crippen molar-refractivity contribution in [3.8, 4) is 0 Å². The van der Waals surface area contributed by atoms with Gasteiger partial charge in [0.25, 0.3) is 0 Å². The number of hydrogen-bond donors (Lipinski definition) is 3. The molecule has 9 heteroatoms. The number of nitrogens with zero attached hydrogens (tertiary/aromatic N) is 1. The van der Waals surface area contributed by atoms with Crippen molar-refractivity contribution in [1.29, 1.82) is 0 Å². The molecule has 0 bridgehead atoms. The molecule has 5 N–H and O–H groups in total. The van der Waals surface area contributed by atoms with Gasteiger partial charge in [0.15, 0.2) is 0 Å². The van der Waals surface area contributed by atoms with Crippen LogP contribution in [0.2, 0.25) is 0 Å². The first kappa shape index (κ1) is 15.2. The number of pyridine rings is 1. The van der Waals surface area contributed by atoms with Gasteiger partial charge in [0.1, 0.15) is 5.82 Å². The van der Waals surface area contributed by atoms with Crippen molar-refractivity contribution in [2.45, 2.75) is 6.42 Å². The number of sulfonamides is 1. The van der Waals surface area contributed by atoms with Crippen LogP contribution in [0, 0.1) is 0 Å². The molecule has 1 aromatic heterocycles. The first-order chi connectivity index (χ1) is 8.83. The van der Waals surface area contributed by atoms with Gasteiger partial charge in [-0.05, 0) is 12.5 Å². The average molecular weight is 288 g/mol. The summed E-state index contributed by atoms with van der Waals surface area (Å²) < 4.78 is 26.0. The number of carbonyl (C=O) groups excluding carboxylic acids is 1. The molecular weight excluding hydrogens is 272 g/mol. The topological polar surface area (TPSA) is 137 Å². The zero-order valence-electron chi connectivity index (χ0n) is 10.4. The number of aromatic nitrogens is 1. The first-order valence-corrected chi connectivity index (χ1v) is 7.13. The highest BCUT2D eigenvalue weighted by atomic mass is 32.2. The van der Waals surface area contributed by atoms with E-state index in [1.54, 1.807) is 0 Å². The van der Waals surface area contributed by atoms with Crippen LogP contribution in [0.25, 0.3) is 0 Å². The molecule has 19 heavy (non-hydrogen) atoms. The molecule has 0 aliphatic heterocycles. The van der Waals surface area contributed by atoms with E-state index in [2.05, 4.69) is 15.0 Å². The van der Waals surface area contributed by atoms with Crippen molar-refractivity contribution in [3.63, 3.8) is 0 Å². The summed E-state index contributed by atoms with van der Waals surface area (Å²) in [5, 5.41) is 7.74. The number of rotatable bonds is 6. The lowest BCUT2D eigenvalue weighted by Gasteiger charge is -2.08. The van der Waals surface area contributed by atoms with Gasteiger partial charge >= 0.3 is 5.97 Å². The Morgan fingerprint density at radius 2 is 2.21 bits per heavy atom. The highest BCUT2D eigenvalue weighted by molar-refractivity contribution is 7.89. The van der Waals surface area contributed by atoms with Gasteiger partial charge in [0.05, 0.1) is 30.3 Å². The molecule has 0 fully saturated rings. The summed E-state index contributed by atoms with van der Waals surface area (Å²) in [6.07, 6.45) is 1.66. The van der Waals surface area contributed by atoms with E-state index in [-0.39, 0.29) is 17.0 Å². The Labute approximate surface area is 111 Å². The predicted molar refractivity (Wildman–Crippen MR) is 71.1 cm³/mol. The molecule has 0 saturated heterocycles. The average Bonchev–Trinajstić information content (AvgIpc) is 2.34. The van der Waals surface area contributed by atoms with Crippen LogP contribution in [0.1, 0.15) is 16.8 Å². The quantitative estimate of drug-likeness (QED) is 0.475. The molecule has 1 rings (SSSR count). The van der Waals surface area contributed by atoms with E-state index in [0.717, 1.165) is 0 Å². The van der Waals surface area contributed by atoms with E-state index in [1.807, 2.05) is 0 Å². The molecule has 0 amide bonds. The Morgan fingerprint density at radius 3 is 2.79 bits per heavy atom. The predicted octanol–water partition coefficient (Wildman–Crippen LogP) is -0.459. The second-order valence-corrected chi connectivity index (χ2v) is 5.53. The van der Waals surface area contributed by atoms with Crippen molar-refractivity contribution >= 4 is 27.5 Å². The molecular formula is C10H16N4O4S. The van der Waals surface area contributed by atoms with Crippen LogP contribution in [-0.2, 0) is 14.8 Å². The molecule has 0 unspecified atom stereocenters. The molecule has 0 aromatic carbocycles. The minimum atomic E-state index is -3.47. The zero-order chi connectivity index (χ0) is 14.5. The highest BCUT2D eigenvalue weighted by Gasteiger charge is 2.11. The standard InChI is InChI=1S/C10H16N4O4S/c1-18-10(15)7-5-9(14-6-8(7)11)13-3-2-4-19(12,16)17/h5-6H,2-4,11H2,1H3,(H,13,14)(H2,12,16,17). The smallest absolute Gasteiger partial charge is 0.340 e. The molecule has 0 saturated carbocycles. The van der Waals surface area contributed by atoms with Crippen molar-refractivity contribution in [2.75, 3.05) is 30.5 Å². The monoisotopic (exact) mass is 288 g/mol. The van der Waals surface area contributed by atoms with Crippen LogP contribution in [0.15, 0.2) is 12.3 Å². The lowest BCUT2D eigenvalue weighted by molar-refractivity contribution is 0.0602. The van der Waals surface area contributed by atoms with Crippen LogP contribution >= 0.6 is 0 Å². The van der Waals surface area contributed by atoms with E-state index in [9.17, 15) is 13.2 Å². The van der Waals surface area contributed by atoms with Gasteiger partial charge in [-0.2, -0.15) is 0 Å². The second kappa shape index (κ2) is 6.34. The second-order valence-electron chi connectivity index (χ2n) is 3.80. The lowest BCUT2D eigenvalue weighted by atomic mass is 10.2. The van der Waals surface area contributed by atoms with Crippen molar-refractivity contribution in [1.82, 2.24) is 4.98 Å². The van der Waals surface area contributed by atoms with Crippen molar-refractivity contribution < 1.29 is 17.9 Å². The largest absolute Gasteiger partial charge is 0.465 e. The fourth-order valence-corrected chi connectivity index (χ4v) is 1.89. The maximum atomic E-state index is 11.4. The molecule has 1 heterocycles. The van der Waals surface area contributed by atoms with Gasteiger partial charge in [0.2, 0.25) is 10.0 Å². The Kier molecular flexibility index (Phi) is 5.07. The fraction of sp³-hybridized carbons (Fsp3) is 0.400. The summed E-state index contributed by atoms with van der Waals surface area (Å²) >= 11 is 0. The molecule has 0 aliphatic carbocycles. The van der Waals surface area contributed by atoms with E-state index >= 15 is 0 Å². The van der Waals surface area contributed by atoms with Crippen LogP contribution in [0.5, 0.6) is 0 Å². The number of ether oxygens (including phenoxy) is 1. The summed E-state index contributed by atoms with van der Waals surface area (Å²) in [7, 11) is -2.21. The van der Waals surface area contributed by atoms with E-state index in [0.29, 0.717) is 18.8 Å². The lowest BCUT2D eigenvalue weighted by Crippen LogP contribution is -2.19. The molecule has 106 valence electrons. The number of nitrogens with two attached hydrogens (primary N) is 2. The van der Waals surface area contributed by atoms with E-state index in [4.69, 9.17) is 10.9 Å². The summed E-state index contributed by atoms with van der Waals surface area (Å²) in [6, 6.07) is 1.44. The van der Waals surface area contributed by atoms with Gasteiger partial charge in [-0.25, -0.2) is 23.3 Å². The minimum Gasteiger partial charge on any atom is -0.465 e. The summed E-state index contributed by atoms with van der Waals surface area (Å²) in [4.78, 5) is 15.4. The summed E-state index contributed by atoms with van der Waals surface area (Å²) in [6.45, 7) is 0.355. The molecule has 8 nitrogen and oxygen atoms in total. The third kappa shape index (κ3) is 5.10. The fourth-order valence-electron chi connectivity index (χ4n) is 1.34. The Bertz CT molecular complexity index is 559. The van der Waals surface area contributed by atoms with Gasteiger partial charge in [-0.1, -0.05) is 0 Å². The molecule has 0 atom stereocenters. The number of nitrogens with one attached hydrogen (secondary N) is 1. The third-order valence-electron chi connectivity index (χ3n) is 2.25.